The lowest BCUT2D eigenvalue weighted by molar-refractivity contribution is -0.118. The van der Waals surface area contributed by atoms with Gasteiger partial charge in [0.05, 0.1) is 0 Å². The molecule has 1 rings (SSSR count). The van der Waals surface area contributed by atoms with Gasteiger partial charge < -0.3 is 10.6 Å². The van der Waals surface area contributed by atoms with Crippen molar-refractivity contribution >= 4 is 27.7 Å². The maximum Gasteiger partial charge on any atom is 0.216 e. The summed E-state index contributed by atoms with van der Waals surface area (Å²) >= 11 is 3.35. The molecule has 0 unspecified atom stereocenters. The van der Waals surface area contributed by atoms with Crippen LogP contribution in [0.25, 0.3) is 0 Å². The Labute approximate surface area is 110 Å². The van der Waals surface area contributed by atoms with Crippen LogP contribution in [0.2, 0.25) is 0 Å². The van der Waals surface area contributed by atoms with E-state index in [-0.39, 0.29) is 5.91 Å². The van der Waals surface area contributed by atoms with Gasteiger partial charge in [0, 0.05) is 32.5 Å². The molecule has 0 radical (unpaired) electrons. The van der Waals surface area contributed by atoms with Crippen molar-refractivity contribution in [1.82, 2.24) is 15.3 Å². The van der Waals surface area contributed by atoms with Crippen LogP contribution >= 0.6 is 15.9 Å². The van der Waals surface area contributed by atoms with Crippen LogP contribution < -0.4 is 10.6 Å². The van der Waals surface area contributed by atoms with Crippen LogP contribution in [-0.2, 0) is 11.2 Å². The maximum absolute atomic E-state index is 10.7. The van der Waals surface area contributed by atoms with Crippen molar-refractivity contribution in [2.24, 2.45) is 0 Å². The number of carbonyl (C=O) groups is 1. The molecule has 0 spiro atoms. The van der Waals surface area contributed by atoms with Gasteiger partial charge in [-0.15, -0.1) is 0 Å². The zero-order valence-corrected chi connectivity index (χ0v) is 11.7. The molecule has 6 heteroatoms. The zero-order chi connectivity index (χ0) is 12.7. The Kier molecular flexibility index (Phi) is 5.90. The first-order chi connectivity index (χ1) is 8.11. The van der Waals surface area contributed by atoms with Crippen molar-refractivity contribution in [3.8, 4) is 0 Å². The fourth-order valence-electron chi connectivity index (χ4n) is 1.32. The van der Waals surface area contributed by atoms with Crippen LogP contribution in [0.15, 0.2) is 10.7 Å². The average molecular weight is 301 g/mol. The minimum atomic E-state index is -0.0256. The van der Waals surface area contributed by atoms with E-state index in [2.05, 4.69) is 43.5 Å². The molecule has 1 aromatic rings. The molecular formula is C11H17BrN4O. The topological polar surface area (TPSA) is 66.9 Å². The van der Waals surface area contributed by atoms with Gasteiger partial charge in [-0.3, -0.25) is 4.79 Å². The van der Waals surface area contributed by atoms with Gasteiger partial charge in [-0.25, -0.2) is 9.97 Å². The highest BCUT2D eigenvalue weighted by atomic mass is 79.9. The number of halogens is 1. The molecule has 0 aliphatic carbocycles. The number of anilines is 1. The third-order valence-electron chi connectivity index (χ3n) is 2.02. The van der Waals surface area contributed by atoms with E-state index < -0.39 is 0 Å². The van der Waals surface area contributed by atoms with Crippen molar-refractivity contribution in [1.29, 1.82) is 0 Å². The van der Waals surface area contributed by atoms with Crippen molar-refractivity contribution in [2.45, 2.75) is 26.7 Å². The van der Waals surface area contributed by atoms with Gasteiger partial charge in [0.1, 0.15) is 16.2 Å². The summed E-state index contributed by atoms with van der Waals surface area (Å²) in [6.45, 7) is 4.82. The van der Waals surface area contributed by atoms with E-state index >= 15 is 0 Å². The summed E-state index contributed by atoms with van der Waals surface area (Å²) in [6, 6.07) is 1.83. The van der Waals surface area contributed by atoms with E-state index in [1.165, 1.54) is 6.92 Å². The van der Waals surface area contributed by atoms with Crippen molar-refractivity contribution in [3.63, 3.8) is 0 Å². The van der Waals surface area contributed by atoms with Crippen LogP contribution in [0.3, 0.4) is 0 Å². The van der Waals surface area contributed by atoms with Crippen molar-refractivity contribution < 1.29 is 4.79 Å². The Balaban J connectivity index is 2.49. The first-order valence-electron chi connectivity index (χ1n) is 5.63. The second-order valence-electron chi connectivity index (χ2n) is 3.65. The highest BCUT2D eigenvalue weighted by Gasteiger charge is 2.02. The summed E-state index contributed by atoms with van der Waals surface area (Å²) in [5.74, 6) is 1.58. The highest BCUT2D eigenvalue weighted by Crippen LogP contribution is 2.12. The lowest BCUT2D eigenvalue weighted by atomic mass is 10.3. The Morgan fingerprint density at radius 2 is 2.18 bits per heavy atom. The number of aromatic nitrogens is 2. The predicted molar refractivity (Wildman–Crippen MR) is 70.9 cm³/mol. The molecule has 1 heterocycles. The molecule has 5 nitrogen and oxygen atoms in total. The number of amides is 1. The predicted octanol–water partition coefficient (Wildman–Crippen LogP) is 1.74. The first-order valence-corrected chi connectivity index (χ1v) is 6.43. The SMILES string of the molecule is CCCc1nc(Br)cc(NCCNC(C)=O)n1. The minimum absolute atomic E-state index is 0.0256. The summed E-state index contributed by atoms with van der Waals surface area (Å²) in [5, 5.41) is 5.86. The largest absolute Gasteiger partial charge is 0.368 e. The first kappa shape index (κ1) is 13.9. The summed E-state index contributed by atoms with van der Waals surface area (Å²) in [4.78, 5) is 19.3. The summed E-state index contributed by atoms with van der Waals surface area (Å²) in [7, 11) is 0. The fourth-order valence-corrected chi connectivity index (χ4v) is 1.74. The van der Waals surface area contributed by atoms with Gasteiger partial charge in [0.2, 0.25) is 5.91 Å². The van der Waals surface area contributed by atoms with Crippen LogP contribution in [0.5, 0.6) is 0 Å². The van der Waals surface area contributed by atoms with Gasteiger partial charge >= 0.3 is 0 Å². The molecule has 1 amide bonds. The van der Waals surface area contributed by atoms with Crippen LogP contribution in [-0.4, -0.2) is 29.0 Å². The molecule has 0 aliphatic rings. The molecule has 0 aromatic carbocycles. The lowest BCUT2D eigenvalue weighted by Crippen LogP contribution is -2.26. The summed E-state index contributed by atoms with van der Waals surface area (Å²) in [6.07, 6.45) is 1.88. The second kappa shape index (κ2) is 7.21. The number of carbonyl (C=O) groups excluding carboxylic acids is 1. The third-order valence-corrected chi connectivity index (χ3v) is 2.43. The van der Waals surface area contributed by atoms with E-state index in [9.17, 15) is 4.79 Å². The minimum Gasteiger partial charge on any atom is -0.368 e. The zero-order valence-electron chi connectivity index (χ0n) is 10.1. The maximum atomic E-state index is 10.7. The van der Waals surface area contributed by atoms with Gasteiger partial charge in [-0.1, -0.05) is 6.92 Å². The van der Waals surface area contributed by atoms with Crippen LogP contribution in [0.4, 0.5) is 5.82 Å². The van der Waals surface area contributed by atoms with Gasteiger partial charge in [0.25, 0.3) is 0 Å². The number of nitrogens with zero attached hydrogens (tertiary/aromatic N) is 2. The summed E-state index contributed by atoms with van der Waals surface area (Å²) < 4.78 is 0.776. The molecule has 0 aliphatic heterocycles. The molecule has 0 atom stereocenters. The van der Waals surface area contributed by atoms with Gasteiger partial charge in [0.15, 0.2) is 0 Å². The normalized spacial score (nSPS) is 10.1. The molecular weight excluding hydrogens is 284 g/mol. The van der Waals surface area contributed by atoms with Crippen molar-refractivity contribution in [2.75, 3.05) is 18.4 Å². The Hall–Kier alpha value is -1.17. The monoisotopic (exact) mass is 300 g/mol. The average Bonchev–Trinajstić information content (AvgIpc) is 2.24. The van der Waals surface area contributed by atoms with Crippen LogP contribution in [0, 0.1) is 0 Å². The molecule has 0 fully saturated rings. The molecule has 2 N–H and O–H groups in total. The smallest absolute Gasteiger partial charge is 0.216 e. The van der Waals surface area contributed by atoms with E-state index in [0.717, 1.165) is 29.1 Å². The Bertz CT molecular complexity index is 384. The van der Waals surface area contributed by atoms with Crippen molar-refractivity contribution in [3.05, 3.63) is 16.5 Å². The third kappa shape index (κ3) is 5.63. The standard InChI is InChI=1S/C11H17BrN4O/c1-3-4-10-15-9(12)7-11(16-10)14-6-5-13-8(2)17/h7H,3-6H2,1-2H3,(H,13,17)(H,14,15,16). The Morgan fingerprint density at radius 3 is 2.82 bits per heavy atom. The molecule has 94 valence electrons. The van der Waals surface area contributed by atoms with E-state index in [0.29, 0.717) is 13.1 Å². The van der Waals surface area contributed by atoms with Crippen LogP contribution in [0.1, 0.15) is 26.1 Å². The summed E-state index contributed by atoms with van der Waals surface area (Å²) in [5.41, 5.74) is 0. The molecule has 0 saturated carbocycles. The molecule has 0 bridgehead atoms. The molecule has 17 heavy (non-hydrogen) atoms. The Morgan fingerprint density at radius 1 is 1.41 bits per heavy atom. The van der Waals surface area contributed by atoms with E-state index in [4.69, 9.17) is 0 Å². The van der Waals surface area contributed by atoms with Gasteiger partial charge in [-0.05, 0) is 22.4 Å². The molecule has 0 saturated heterocycles. The molecule has 1 aromatic heterocycles. The quantitative estimate of drug-likeness (QED) is 0.620. The van der Waals surface area contributed by atoms with Gasteiger partial charge in [-0.2, -0.15) is 0 Å². The number of hydrogen-bond donors (Lipinski definition) is 2. The number of hydrogen-bond acceptors (Lipinski definition) is 4. The number of aryl methyl sites for hydroxylation is 1. The van der Waals surface area contributed by atoms with E-state index in [1.807, 2.05) is 6.07 Å². The fraction of sp³-hybridized carbons (Fsp3) is 0.545. The van der Waals surface area contributed by atoms with E-state index in [1.54, 1.807) is 0 Å². The number of nitrogens with one attached hydrogen (secondary N) is 2. The highest BCUT2D eigenvalue weighted by molar-refractivity contribution is 9.10. The lowest BCUT2D eigenvalue weighted by Gasteiger charge is -2.07. The second-order valence-corrected chi connectivity index (χ2v) is 4.46. The number of rotatable bonds is 6.